The number of nitrogens with zero attached hydrogens (tertiary/aromatic N) is 3. The molecule has 4 rings (SSSR count). The summed E-state index contributed by atoms with van der Waals surface area (Å²) in [5.74, 6) is 1.22. The summed E-state index contributed by atoms with van der Waals surface area (Å²) < 4.78 is 5.26. The van der Waals surface area contributed by atoms with Gasteiger partial charge < -0.3 is 9.42 Å². The van der Waals surface area contributed by atoms with Gasteiger partial charge in [-0.2, -0.15) is 16.3 Å². The van der Waals surface area contributed by atoms with Crippen LogP contribution < -0.4 is 0 Å². The average molecular weight is 365 g/mol. The molecule has 0 aliphatic carbocycles. The minimum absolute atomic E-state index is 0.128. The molecule has 2 aromatic heterocycles. The van der Waals surface area contributed by atoms with E-state index in [-0.39, 0.29) is 5.91 Å². The molecule has 0 radical (unpaired) electrons. The van der Waals surface area contributed by atoms with Gasteiger partial charge in [0.25, 0.3) is 0 Å². The van der Waals surface area contributed by atoms with Crippen LogP contribution in [0.3, 0.4) is 0 Å². The molecule has 1 aromatic carbocycles. The zero-order valence-electron chi connectivity index (χ0n) is 14.3. The van der Waals surface area contributed by atoms with E-state index in [4.69, 9.17) is 4.52 Å². The second-order valence-corrected chi connectivity index (χ2v) is 6.99. The molecule has 0 fully saturated rings. The Morgan fingerprint density at radius 2 is 2.08 bits per heavy atom. The van der Waals surface area contributed by atoms with Crippen molar-refractivity contribution in [1.82, 2.24) is 15.0 Å². The first-order valence-corrected chi connectivity index (χ1v) is 9.61. The van der Waals surface area contributed by atoms with Crippen LogP contribution in [-0.4, -0.2) is 34.0 Å². The number of aryl methyl sites for hydroxylation is 1. The summed E-state index contributed by atoms with van der Waals surface area (Å²) in [6.45, 7) is 1.41. The van der Waals surface area contributed by atoms with Gasteiger partial charge in [-0.15, -0.1) is 0 Å². The summed E-state index contributed by atoms with van der Waals surface area (Å²) in [6, 6.07) is 12.3. The smallest absolute Gasteiger partial charge is 0.227 e. The van der Waals surface area contributed by atoms with Crippen LogP contribution in [0, 0.1) is 0 Å². The Labute approximate surface area is 156 Å². The number of hydrogen-bond donors (Lipinski definition) is 0. The molecule has 3 heterocycles. The zero-order chi connectivity index (χ0) is 17.8. The first kappa shape index (κ1) is 16.7. The molecule has 26 heavy (non-hydrogen) atoms. The zero-order valence-corrected chi connectivity index (χ0v) is 15.1. The number of amides is 1. The van der Waals surface area contributed by atoms with Gasteiger partial charge >= 0.3 is 0 Å². The van der Waals surface area contributed by atoms with E-state index in [9.17, 15) is 4.79 Å². The van der Waals surface area contributed by atoms with Crippen LogP contribution in [0.25, 0.3) is 17.0 Å². The molecule has 0 atom stereocenters. The van der Waals surface area contributed by atoms with Crippen LogP contribution in [0.4, 0.5) is 0 Å². The van der Waals surface area contributed by atoms with Gasteiger partial charge in [-0.3, -0.25) is 4.79 Å². The van der Waals surface area contributed by atoms with Crippen molar-refractivity contribution in [3.05, 3.63) is 64.7 Å². The third-order valence-corrected chi connectivity index (χ3v) is 5.19. The Morgan fingerprint density at radius 1 is 1.19 bits per heavy atom. The molecule has 1 amide bonds. The van der Waals surface area contributed by atoms with Gasteiger partial charge in [0.05, 0.1) is 0 Å². The highest BCUT2D eigenvalue weighted by Gasteiger charge is 2.19. The first-order valence-electron chi connectivity index (χ1n) is 8.67. The molecule has 0 N–H and O–H groups in total. The summed E-state index contributed by atoms with van der Waals surface area (Å²) in [6.07, 6.45) is 3.90. The highest BCUT2D eigenvalue weighted by molar-refractivity contribution is 7.08. The molecule has 0 spiro atoms. The minimum Gasteiger partial charge on any atom is -0.339 e. The fourth-order valence-corrected chi connectivity index (χ4v) is 3.68. The normalized spacial score (nSPS) is 14.3. The fourth-order valence-electron chi connectivity index (χ4n) is 3.05. The van der Waals surface area contributed by atoms with Crippen molar-refractivity contribution in [3.63, 3.8) is 0 Å². The van der Waals surface area contributed by atoms with Crippen molar-refractivity contribution in [2.75, 3.05) is 13.1 Å². The topological polar surface area (TPSA) is 59.2 Å². The molecule has 3 aromatic rings. The standard InChI is InChI=1S/C20H19N3O2S/c24-19(7-6-18-21-20(22-25-18)17-10-13-26-14-17)23-11-8-16(9-12-23)15-4-2-1-3-5-15/h1-5,8,10,13-14H,6-7,9,11-12H2. The summed E-state index contributed by atoms with van der Waals surface area (Å²) in [4.78, 5) is 18.7. The Hall–Kier alpha value is -2.73. The van der Waals surface area contributed by atoms with Crippen LogP contribution in [0.1, 0.15) is 24.3 Å². The van der Waals surface area contributed by atoms with Crippen molar-refractivity contribution >= 4 is 22.8 Å². The van der Waals surface area contributed by atoms with Crippen molar-refractivity contribution in [2.45, 2.75) is 19.3 Å². The van der Waals surface area contributed by atoms with E-state index in [0.29, 0.717) is 31.1 Å². The lowest BCUT2D eigenvalue weighted by Gasteiger charge is -2.26. The SMILES string of the molecule is O=C(CCc1nc(-c2ccsc2)no1)N1CC=C(c2ccccc2)CC1. The number of carbonyl (C=O) groups is 1. The van der Waals surface area contributed by atoms with Crippen LogP contribution in [0.5, 0.6) is 0 Å². The predicted molar refractivity (Wildman–Crippen MR) is 102 cm³/mol. The minimum atomic E-state index is 0.128. The van der Waals surface area contributed by atoms with Gasteiger partial charge in [-0.1, -0.05) is 41.6 Å². The van der Waals surface area contributed by atoms with Crippen LogP contribution in [-0.2, 0) is 11.2 Å². The number of thiophene rings is 1. The van der Waals surface area contributed by atoms with E-state index in [2.05, 4.69) is 28.3 Å². The summed E-state index contributed by atoms with van der Waals surface area (Å²) in [5.41, 5.74) is 3.50. The van der Waals surface area contributed by atoms with Crippen LogP contribution in [0.15, 0.2) is 57.8 Å². The predicted octanol–water partition coefficient (Wildman–Crippen LogP) is 4.05. The van der Waals surface area contributed by atoms with Gasteiger partial charge in [-0.05, 0) is 29.0 Å². The average Bonchev–Trinajstić information content (AvgIpc) is 3.38. The number of carbonyl (C=O) groups excluding carboxylic acids is 1. The summed E-state index contributed by atoms with van der Waals surface area (Å²) in [5, 5.41) is 7.93. The third-order valence-electron chi connectivity index (χ3n) is 4.51. The lowest BCUT2D eigenvalue weighted by Crippen LogP contribution is -2.34. The maximum absolute atomic E-state index is 12.5. The number of rotatable bonds is 5. The van der Waals surface area contributed by atoms with E-state index in [0.717, 1.165) is 18.5 Å². The summed E-state index contributed by atoms with van der Waals surface area (Å²) in [7, 11) is 0. The molecule has 6 heteroatoms. The lowest BCUT2D eigenvalue weighted by molar-refractivity contribution is -0.130. The maximum atomic E-state index is 12.5. The van der Waals surface area contributed by atoms with E-state index in [1.54, 1.807) is 11.3 Å². The fraction of sp³-hybridized carbons (Fsp3) is 0.250. The molecule has 1 aliphatic heterocycles. The molecular weight excluding hydrogens is 346 g/mol. The molecule has 0 saturated heterocycles. The quantitative estimate of drug-likeness (QED) is 0.684. The van der Waals surface area contributed by atoms with Gasteiger partial charge in [0, 0.05) is 36.9 Å². The molecule has 0 unspecified atom stereocenters. The second-order valence-electron chi connectivity index (χ2n) is 6.21. The Kier molecular flexibility index (Phi) is 4.93. The second kappa shape index (κ2) is 7.66. The Balaban J connectivity index is 1.31. The number of benzene rings is 1. The monoisotopic (exact) mass is 365 g/mol. The van der Waals surface area contributed by atoms with Gasteiger partial charge in [-0.25, -0.2) is 0 Å². The van der Waals surface area contributed by atoms with E-state index in [1.165, 1.54) is 11.1 Å². The van der Waals surface area contributed by atoms with E-state index >= 15 is 0 Å². The largest absolute Gasteiger partial charge is 0.339 e. The highest BCUT2D eigenvalue weighted by atomic mass is 32.1. The van der Waals surface area contributed by atoms with Gasteiger partial charge in [0.1, 0.15) is 0 Å². The molecule has 0 saturated carbocycles. The van der Waals surface area contributed by atoms with E-state index in [1.807, 2.05) is 39.9 Å². The number of aromatic nitrogens is 2. The van der Waals surface area contributed by atoms with Crippen molar-refractivity contribution in [2.24, 2.45) is 0 Å². The van der Waals surface area contributed by atoms with Gasteiger partial charge in [0.2, 0.25) is 17.6 Å². The third kappa shape index (κ3) is 3.75. The van der Waals surface area contributed by atoms with Crippen LogP contribution in [0.2, 0.25) is 0 Å². The van der Waals surface area contributed by atoms with Crippen LogP contribution >= 0.6 is 11.3 Å². The molecule has 0 bridgehead atoms. The first-order chi connectivity index (χ1) is 12.8. The Bertz CT molecular complexity index is 900. The molecule has 1 aliphatic rings. The summed E-state index contributed by atoms with van der Waals surface area (Å²) >= 11 is 1.59. The Morgan fingerprint density at radius 3 is 2.81 bits per heavy atom. The molecular formula is C20H19N3O2S. The van der Waals surface area contributed by atoms with Crippen molar-refractivity contribution in [3.8, 4) is 11.4 Å². The maximum Gasteiger partial charge on any atom is 0.227 e. The van der Waals surface area contributed by atoms with E-state index < -0.39 is 0 Å². The highest BCUT2D eigenvalue weighted by Crippen LogP contribution is 2.23. The molecule has 132 valence electrons. The molecule has 5 nitrogen and oxygen atoms in total. The van der Waals surface area contributed by atoms with Crippen molar-refractivity contribution < 1.29 is 9.32 Å². The lowest BCUT2D eigenvalue weighted by atomic mass is 9.99. The van der Waals surface area contributed by atoms with Crippen molar-refractivity contribution in [1.29, 1.82) is 0 Å². The number of hydrogen-bond acceptors (Lipinski definition) is 5. The van der Waals surface area contributed by atoms with Gasteiger partial charge in [0.15, 0.2) is 0 Å².